The number of fused-ring (bicyclic) bond motifs is 2. The predicted molar refractivity (Wildman–Crippen MR) is 80.3 cm³/mol. The number of rotatable bonds is 4. The van der Waals surface area contributed by atoms with E-state index in [1.165, 1.54) is 38.5 Å². The number of carbonyl (C=O) groups is 1. The SMILES string of the molecule is COC(=O)[C@H]1[C@H]2CC[C@H]([C@@H]3C[C@@H]32)[C@H]1NCc1ccc(F)cc1. The van der Waals surface area contributed by atoms with Gasteiger partial charge < -0.3 is 10.1 Å². The number of halogens is 1. The van der Waals surface area contributed by atoms with Crippen molar-refractivity contribution in [2.75, 3.05) is 7.11 Å². The van der Waals surface area contributed by atoms with Crippen LogP contribution in [0.2, 0.25) is 0 Å². The number of carbonyl (C=O) groups excluding carboxylic acids is 1. The van der Waals surface area contributed by atoms with Crippen LogP contribution in [0.25, 0.3) is 0 Å². The summed E-state index contributed by atoms with van der Waals surface area (Å²) in [6, 6.07) is 6.78. The van der Waals surface area contributed by atoms with Gasteiger partial charge in [-0.3, -0.25) is 4.79 Å². The van der Waals surface area contributed by atoms with Crippen molar-refractivity contribution in [2.45, 2.75) is 31.8 Å². The van der Waals surface area contributed by atoms with Gasteiger partial charge in [0.2, 0.25) is 0 Å². The van der Waals surface area contributed by atoms with Crippen LogP contribution in [-0.2, 0) is 16.1 Å². The second-order valence-corrected chi connectivity index (χ2v) is 7.05. The third kappa shape index (κ3) is 2.24. The highest BCUT2D eigenvalue weighted by molar-refractivity contribution is 5.74. The Morgan fingerprint density at radius 3 is 2.59 bits per heavy atom. The van der Waals surface area contributed by atoms with Gasteiger partial charge in [0.25, 0.3) is 0 Å². The summed E-state index contributed by atoms with van der Waals surface area (Å²) in [5.74, 6) is 2.38. The Morgan fingerprint density at radius 1 is 1.18 bits per heavy atom. The molecule has 22 heavy (non-hydrogen) atoms. The van der Waals surface area contributed by atoms with Gasteiger partial charge in [0.05, 0.1) is 13.0 Å². The molecule has 4 aliphatic rings. The Morgan fingerprint density at radius 2 is 1.86 bits per heavy atom. The van der Waals surface area contributed by atoms with Crippen LogP contribution < -0.4 is 5.32 Å². The van der Waals surface area contributed by atoms with Crippen LogP contribution >= 0.6 is 0 Å². The van der Waals surface area contributed by atoms with Crippen molar-refractivity contribution in [3.05, 3.63) is 35.6 Å². The van der Waals surface area contributed by atoms with Crippen molar-refractivity contribution in [1.82, 2.24) is 5.32 Å². The van der Waals surface area contributed by atoms with Crippen LogP contribution in [0.1, 0.15) is 24.8 Å². The van der Waals surface area contributed by atoms with Crippen molar-refractivity contribution < 1.29 is 13.9 Å². The minimum atomic E-state index is -0.214. The van der Waals surface area contributed by atoms with E-state index < -0.39 is 0 Å². The summed E-state index contributed by atoms with van der Waals surface area (Å²) in [4.78, 5) is 12.3. The van der Waals surface area contributed by atoms with Crippen molar-refractivity contribution in [3.63, 3.8) is 0 Å². The lowest BCUT2D eigenvalue weighted by Crippen LogP contribution is -2.55. The molecule has 1 N–H and O–H groups in total. The summed E-state index contributed by atoms with van der Waals surface area (Å²) in [5, 5.41) is 3.59. The van der Waals surface area contributed by atoms with E-state index >= 15 is 0 Å². The first-order valence-electron chi connectivity index (χ1n) is 8.24. The molecule has 1 aromatic rings. The van der Waals surface area contributed by atoms with Gasteiger partial charge in [0, 0.05) is 12.6 Å². The predicted octanol–water partition coefficient (Wildman–Crippen LogP) is 2.75. The molecular formula is C18H22FNO2. The molecular weight excluding hydrogens is 281 g/mol. The molecule has 0 heterocycles. The largest absolute Gasteiger partial charge is 0.469 e. The Balaban J connectivity index is 1.50. The third-order valence-electron chi connectivity index (χ3n) is 6.06. The number of ether oxygens (including phenoxy) is 1. The molecule has 0 saturated heterocycles. The van der Waals surface area contributed by atoms with Gasteiger partial charge in [-0.25, -0.2) is 4.39 Å². The van der Waals surface area contributed by atoms with Gasteiger partial charge in [-0.15, -0.1) is 0 Å². The second-order valence-electron chi connectivity index (χ2n) is 7.05. The average Bonchev–Trinajstić information content (AvgIpc) is 3.35. The molecule has 2 bridgehead atoms. The molecule has 0 aliphatic heterocycles. The maximum atomic E-state index is 13.0. The van der Waals surface area contributed by atoms with Crippen molar-refractivity contribution in [2.24, 2.45) is 29.6 Å². The van der Waals surface area contributed by atoms with E-state index in [9.17, 15) is 9.18 Å². The molecule has 0 spiro atoms. The zero-order chi connectivity index (χ0) is 15.3. The average molecular weight is 303 g/mol. The Bertz CT molecular complexity index is 573. The van der Waals surface area contributed by atoms with E-state index in [4.69, 9.17) is 4.74 Å². The first-order chi connectivity index (χ1) is 10.7. The number of methoxy groups -OCH3 is 1. The minimum Gasteiger partial charge on any atom is -0.469 e. The van der Waals surface area contributed by atoms with Crippen molar-refractivity contribution in [3.8, 4) is 0 Å². The Labute approximate surface area is 130 Å². The molecule has 0 unspecified atom stereocenters. The summed E-state index contributed by atoms with van der Waals surface area (Å²) >= 11 is 0. The highest BCUT2D eigenvalue weighted by Gasteiger charge is 2.63. The lowest BCUT2D eigenvalue weighted by molar-refractivity contribution is -0.154. The van der Waals surface area contributed by atoms with Crippen molar-refractivity contribution in [1.29, 1.82) is 0 Å². The molecule has 4 aliphatic carbocycles. The number of esters is 1. The first kappa shape index (κ1) is 14.2. The lowest BCUT2D eigenvalue weighted by atomic mass is 9.61. The third-order valence-corrected chi connectivity index (χ3v) is 6.06. The maximum absolute atomic E-state index is 13.0. The quantitative estimate of drug-likeness (QED) is 0.869. The molecule has 6 atom stereocenters. The normalized spacial score (nSPS) is 38.5. The fourth-order valence-electron chi connectivity index (χ4n) is 5.03. The Hall–Kier alpha value is -1.42. The van der Waals surface area contributed by atoms with Crippen LogP contribution in [0, 0.1) is 35.4 Å². The zero-order valence-corrected chi connectivity index (χ0v) is 12.8. The number of benzene rings is 1. The molecule has 3 nitrogen and oxygen atoms in total. The van der Waals surface area contributed by atoms with E-state index in [1.54, 1.807) is 12.1 Å². The van der Waals surface area contributed by atoms with Crippen LogP contribution in [0.3, 0.4) is 0 Å². The molecule has 1 aromatic carbocycles. The van der Waals surface area contributed by atoms with Gasteiger partial charge in [-0.1, -0.05) is 12.1 Å². The number of hydrogen-bond acceptors (Lipinski definition) is 3. The summed E-state index contributed by atoms with van der Waals surface area (Å²) in [5.41, 5.74) is 1.05. The van der Waals surface area contributed by atoms with E-state index in [0.717, 1.165) is 17.4 Å². The fraction of sp³-hybridized carbons (Fsp3) is 0.611. The topological polar surface area (TPSA) is 38.3 Å². The second kappa shape index (κ2) is 5.34. The molecule has 4 fully saturated rings. The number of hydrogen-bond donors (Lipinski definition) is 1. The van der Waals surface area contributed by atoms with Gasteiger partial charge >= 0.3 is 5.97 Å². The number of nitrogens with one attached hydrogen (secondary N) is 1. The molecule has 5 rings (SSSR count). The van der Waals surface area contributed by atoms with Gasteiger partial charge in [0.1, 0.15) is 5.82 Å². The zero-order valence-electron chi connectivity index (χ0n) is 12.8. The standard InChI is InChI=1S/C18H22FNO2/c1-22-18(21)16-12-6-7-13(15-8-14(12)15)17(16)20-9-10-2-4-11(19)5-3-10/h2-5,12-17,20H,6-9H2,1H3/t12-,13+,14+,15-,16-,17+/m0/s1. The summed E-state index contributed by atoms with van der Waals surface area (Å²) in [7, 11) is 1.49. The summed E-state index contributed by atoms with van der Waals surface area (Å²) in [6.45, 7) is 0.680. The molecule has 118 valence electrons. The fourth-order valence-corrected chi connectivity index (χ4v) is 5.03. The van der Waals surface area contributed by atoms with Crippen LogP contribution in [0.15, 0.2) is 24.3 Å². The van der Waals surface area contributed by atoms with E-state index in [0.29, 0.717) is 18.4 Å². The van der Waals surface area contributed by atoms with Gasteiger partial charge in [-0.2, -0.15) is 0 Å². The summed E-state index contributed by atoms with van der Waals surface area (Å²) < 4.78 is 18.1. The molecule has 4 heteroatoms. The molecule has 0 amide bonds. The monoisotopic (exact) mass is 303 g/mol. The van der Waals surface area contributed by atoms with Crippen LogP contribution in [0.4, 0.5) is 4.39 Å². The highest BCUT2D eigenvalue weighted by Crippen LogP contribution is 2.64. The van der Waals surface area contributed by atoms with E-state index in [2.05, 4.69) is 5.32 Å². The highest BCUT2D eigenvalue weighted by atomic mass is 19.1. The Kier molecular flexibility index (Phi) is 3.44. The maximum Gasteiger partial charge on any atom is 0.310 e. The smallest absolute Gasteiger partial charge is 0.310 e. The summed E-state index contributed by atoms with van der Waals surface area (Å²) in [6.07, 6.45) is 3.68. The first-order valence-corrected chi connectivity index (χ1v) is 8.24. The van der Waals surface area contributed by atoms with Gasteiger partial charge in [0.15, 0.2) is 0 Å². The lowest BCUT2D eigenvalue weighted by Gasteiger charge is -2.47. The van der Waals surface area contributed by atoms with Gasteiger partial charge in [-0.05, 0) is 60.6 Å². The van der Waals surface area contributed by atoms with Crippen LogP contribution in [-0.4, -0.2) is 19.1 Å². The molecule has 0 aromatic heterocycles. The molecule has 0 radical (unpaired) electrons. The molecule has 4 saturated carbocycles. The van der Waals surface area contributed by atoms with E-state index in [1.807, 2.05) is 0 Å². The van der Waals surface area contributed by atoms with E-state index in [-0.39, 0.29) is 23.7 Å². The van der Waals surface area contributed by atoms with Crippen molar-refractivity contribution >= 4 is 5.97 Å². The minimum absolute atomic E-state index is 0.00653. The van der Waals surface area contributed by atoms with Crippen LogP contribution in [0.5, 0.6) is 0 Å².